The number of rotatable bonds is 5. The third-order valence-electron chi connectivity index (χ3n) is 6.81. The fourth-order valence-electron chi connectivity index (χ4n) is 5.01. The number of pyridine rings is 2. The number of anilines is 1. The number of nitrogen functional groups attached to an aromatic ring is 1. The predicted molar refractivity (Wildman–Crippen MR) is 147 cm³/mol. The van der Waals surface area contributed by atoms with E-state index in [1.54, 1.807) is 24.8 Å². The minimum atomic E-state index is -0.0959. The van der Waals surface area contributed by atoms with Crippen LogP contribution in [0, 0.1) is 6.92 Å². The van der Waals surface area contributed by atoms with Crippen LogP contribution in [0.3, 0.4) is 0 Å². The van der Waals surface area contributed by atoms with Gasteiger partial charge in [0.05, 0.1) is 35.2 Å². The van der Waals surface area contributed by atoms with Crippen molar-refractivity contribution in [2.75, 3.05) is 5.73 Å². The standard InChI is InChI=1S/C27H22N10OS/c1-15-30-14-22(39-15)27(38)34-20-7-4-16-13-17(5-6-18(16)20)36-25(19-3-2-10-29-24(19)28)33-21-8-9-23(35-26(21)36)37-31-11-12-32-37/h2-3,5-6,8-14,20H,4,7H2,1H3,(H2,28,29)(H,34,38)/t20-/m0/s1. The molecule has 1 amide bonds. The van der Waals surface area contributed by atoms with E-state index in [9.17, 15) is 4.79 Å². The fourth-order valence-corrected chi connectivity index (χ4v) is 5.69. The zero-order valence-corrected chi connectivity index (χ0v) is 21.6. The van der Waals surface area contributed by atoms with E-state index in [-0.39, 0.29) is 11.9 Å². The van der Waals surface area contributed by atoms with Gasteiger partial charge in [-0.15, -0.1) is 16.1 Å². The lowest BCUT2D eigenvalue weighted by atomic mass is 10.1. The van der Waals surface area contributed by atoms with Crippen molar-refractivity contribution < 1.29 is 4.79 Å². The third kappa shape index (κ3) is 4.01. The second-order valence-electron chi connectivity index (χ2n) is 9.23. The van der Waals surface area contributed by atoms with E-state index >= 15 is 0 Å². The average Bonchev–Trinajstić information content (AvgIpc) is 3.75. The number of thiazole rings is 1. The molecule has 192 valence electrons. The number of aryl methyl sites for hydroxylation is 2. The molecular weight excluding hydrogens is 512 g/mol. The second kappa shape index (κ2) is 9.10. The number of nitrogens with zero attached hydrogens (tertiary/aromatic N) is 8. The van der Waals surface area contributed by atoms with Gasteiger partial charge in [0, 0.05) is 11.9 Å². The summed E-state index contributed by atoms with van der Waals surface area (Å²) in [7, 11) is 0. The van der Waals surface area contributed by atoms with Gasteiger partial charge in [0.25, 0.3) is 5.91 Å². The van der Waals surface area contributed by atoms with Crippen molar-refractivity contribution in [3.05, 3.63) is 88.3 Å². The molecule has 0 saturated carbocycles. The number of amides is 1. The zero-order valence-electron chi connectivity index (χ0n) is 20.8. The number of imidazole rings is 1. The van der Waals surface area contributed by atoms with Crippen LogP contribution in [0.25, 0.3) is 34.1 Å². The van der Waals surface area contributed by atoms with Gasteiger partial charge in [-0.2, -0.15) is 10.2 Å². The van der Waals surface area contributed by atoms with Crippen LogP contribution < -0.4 is 11.1 Å². The summed E-state index contributed by atoms with van der Waals surface area (Å²) >= 11 is 1.40. The van der Waals surface area contributed by atoms with Crippen LogP contribution in [0.4, 0.5) is 5.82 Å². The molecule has 7 rings (SSSR count). The van der Waals surface area contributed by atoms with Crippen LogP contribution >= 0.6 is 11.3 Å². The summed E-state index contributed by atoms with van der Waals surface area (Å²) < 4.78 is 1.99. The number of hydrogen-bond donors (Lipinski definition) is 2. The number of carbonyl (C=O) groups is 1. The molecule has 0 radical (unpaired) electrons. The van der Waals surface area contributed by atoms with Crippen molar-refractivity contribution in [1.29, 1.82) is 0 Å². The van der Waals surface area contributed by atoms with Gasteiger partial charge in [0.15, 0.2) is 17.3 Å². The molecule has 5 aromatic heterocycles. The molecule has 11 nitrogen and oxygen atoms in total. The molecule has 5 heterocycles. The van der Waals surface area contributed by atoms with Crippen LogP contribution in [0.1, 0.15) is 38.3 Å². The number of aromatic nitrogens is 8. The van der Waals surface area contributed by atoms with Crippen molar-refractivity contribution in [3.63, 3.8) is 0 Å². The molecule has 0 bridgehead atoms. The zero-order chi connectivity index (χ0) is 26.5. The van der Waals surface area contributed by atoms with Crippen LogP contribution in [0.15, 0.2) is 67.3 Å². The third-order valence-corrected chi connectivity index (χ3v) is 7.72. The van der Waals surface area contributed by atoms with Gasteiger partial charge >= 0.3 is 0 Å². The van der Waals surface area contributed by atoms with Crippen molar-refractivity contribution in [2.45, 2.75) is 25.8 Å². The van der Waals surface area contributed by atoms with E-state index in [0.29, 0.717) is 39.1 Å². The molecule has 0 fully saturated rings. The Morgan fingerprint density at radius 1 is 1.08 bits per heavy atom. The number of nitrogens with two attached hydrogens (primary N) is 1. The molecule has 1 aliphatic carbocycles. The van der Waals surface area contributed by atoms with Crippen LogP contribution in [0.2, 0.25) is 0 Å². The average molecular weight is 535 g/mol. The van der Waals surface area contributed by atoms with E-state index in [1.807, 2.05) is 41.8 Å². The van der Waals surface area contributed by atoms with E-state index in [2.05, 4.69) is 37.6 Å². The lowest BCUT2D eigenvalue weighted by Gasteiger charge is -2.15. The minimum absolute atomic E-state index is 0.0625. The summed E-state index contributed by atoms with van der Waals surface area (Å²) in [6, 6.07) is 13.6. The quantitative estimate of drug-likeness (QED) is 0.340. The molecule has 1 aliphatic rings. The summed E-state index contributed by atoms with van der Waals surface area (Å²) in [6.07, 6.45) is 8.16. The molecule has 6 aromatic rings. The van der Waals surface area contributed by atoms with Crippen molar-refractivity contribution in [2.24, 2.45) is 0 Å². The highest BCUT2D eigenvalue weighted by Gasteiger charge is 2.27. The normalized spacial score (nSPS) is 14.5. The first-order valence-corrected chi connectivity index (χ1v) is 13.2. The maximum absolute atomic E-state index is 12.8. The van der Waals surface area contributed by atoms with Crippen molar-refractivity contribution in [3.8, 4) is 22.9 Å². The minimum Gasteiger partial charge on any atom is -0.383 e. The van der Waals surface area contributed by atoms with Crippen LogP contribution in [0.5, 0.6) is 0 Å². The Morgan fingerprint density at radius 2 is 1.95 bits per heavy atom. The second-order valence-corrected chi connectivity index (χ2v) is 10.5. The number of carbonyl (C=O) groups excluding carboxylic acids is 1. The maximum atomic E-state index is 12.8. The molecule has 39 heavy (non-hydrogen) atoms. The van der Waals surface area contributed by atoms with Gasteiger partial charge < -0.3 is 11.1 Å². The summed E-state index contributed by atoms with van der Waals surface area (Å²) in [5, 5.41) is 12.5. The van der Waals surface area contributed by atoms with Crippen molar-refractivity contribution >= 4 is 34.2 Å². The molecule has 0 saturated heterocycles. The first kappa shape index (κ1) is 23.2. The van der Waals surface area contributed by atoms with Gasteiger partial charge in [-0.1, -0.05) is 6.07 Å². The topological polar surface area (TPSA) is 142 Å². The van der Waals surface area contributed by atoms with Crippen LogP contribution in [-0.2, 0) is 6.42 Å². The Balaban J connectivity index is 1.32. The van der Waals surface area contributed by atoms with Gasteiger partial charge in [-0.05, 0) is 67.3 Å². The Morgan fingerprint density at radius 3 is 2.74 bits per heavy atom. The highest BCUT2D eigenvalue weighted by Crippen LogP contribution is 2.36. The van der Waals surface area contributed by atoms with Gasteiger partial charge in [0.1, 0.15) is 16.2 Å². The number of fused-ring (bicyclic) bond motifs is 2. The Kier molecular flexibility index (Phi) is 5.40. The van der Waals surface area contributed by atoms with Crippen molar-refractivity contribution in [1.82, 2.24) is 44.8 Å². The largest absolute Gasteiger partial charge is 0.383 e. The van der Waals surface area contributed by atoms with E-state index in [1.165, 1.54) is 16.1 Å². The first-order valence-electron chi connectivity index (χ1n) is 12.4. The fraction of sp³-hybridized carbons (Fsp3) is 0.148. The summed E-state index contributed by atoms with van der Waals surface area (Å²) in [6.45, 7) is 1.89. The summed E-state index contributed by atoms with van der Waals surface area (Å²) in [5.41, 5.74) is 11.5. The van der Waals surface area contributed by atoms with Gasteiger partial charge in [-0.3, -0.25) is 9.36 Å². The molecule has 3 N–H and O–H groups in total. The van der Waals surface area contributed by atoms with Gasteiger partial charge in [0.2, 0.25) is 0 Å². The molecule has 0 unspecified atom stereocenters. The molecule has 0 aliphatic heterocycles. The van der Waals surface area contributed by atoms with Gasteiger partial charge in [-0.25, -0.2) is 19.9 Å². The Hall–Kier alpha value is -4.97. The molecule has 0 spiro atoms. The Bertz CT molecular complexity index is 1860. The molecule has 12 heteroatoms. The number of benzene rings is 1. The molecule has 1 atom stereocenters. The Labute approximate surface area is 226 Å². The molecule has 1 aromatic carbocycles. The first-order chi connectivity index (χ1) is 19.0. The van der Waals surface area contributed by atoms with E-state index in [0.717, 1.165) is 34.7 Å². The summed E-state index contributed by atoms with van der Waals surface area (Å²) in [4.78, 5) is 33.1. The lowest BCUT2D eigenvalue weighted by molar-refractivity contribution is 0.0940. The SMILES string of the molecule is Cc1ncc(C(=O)N[C@H]2CCc3cc(-n4c(-c5cccnc5N)nc5ccc(-n6nccn6)nc54)ccc32)s1. The van der Waals surface area contributed by atoms with E-state index in [4.69, 9.17) is 15.7 Å². The molecular formula is C27H22N10OS. The monoisotopic (exact) mass is 534 g/mol. The lowest BCUT2D eigenvalue weighted by Crippen LogP contribution is -2.26. The smallest absolute Gasteiger partial charge is 0.263 e. The number of hydrogen-bond acceptors (Lipinski definition) is 9. The summed E-state index contributed by atoms with van der Waals surface area (Å²) in [5.74, 6) is 1.49. The van der Waals surface area contributed by atoms with Crippen LogP contribution in [-0.4, -0.2) is 45.4 Å². The highest BCUT2D eigenvalue weighted by atomic mass is 32.1. The maximum Gasteiger partial charge on any atom is 0.263 e. The van der Waals surface area contributed by atoms with E-state index < -0.39 is 0 Å². The predicted octanol–water partition coefficient (Wildman–Crippen LogP) is 3.83. The highest BCUT2D eigenvalue weighted by molar-refractivity contribution is 7.13. The number of nitrogens with one attached hydrogen (secondary N) is 1.